The molecule has 1 aromatic heterocycles. The Bertz CT molecular complexity index is 568. The van der Waals surface area contributed by atoms with E-state index in [1.807, 2.05) is 10.4 Å². The molecule has 1 aliphatic heterocycles. The Morgan fingerprint density at radius 2 is 2.25 bits per heavy atom. The molecule has 2 fully saturated rings. The van der Waals surface area contributed by atoms with Gasteiger partial charge in [0, 0.05) is 31.1 Å². The van der Waals surface area contributed by atoms with Crippen molar-refractivity contribution < 1.29 is 9.90 Å². The van der Waals surface area contributed by atoms with E-state index in [-0.39, 0.29) is 5.91 Å². The predicted octanol–water partition coefficient (Wildman–Crippen LogP) is 2.43. The van der Waals surface area contributed by atoms with Gasteiger partial charge in [-0.15, -0.1) is 11.3 Å². The summed E-state index contributed by atoms with van der Waals surface area (Å²) in [6.45, 7) is 5.67. The van der Waals surface area contributed by atoms with Crippen LogP contribution in [0.15, 0.2) is 5.51 Å². The van der Waals surface area contributed by atoms with Crippen molar-refractivity contribution in [2.75, 3.05) is 26.7 Å². The molecule has 134 valence electrons. The maximum absolute atomic E-state index is 12.5. The van der Waals surface area contributed by atoms with Crippen LogP contribution in [0.25, 0.3) is 0 Å². The molecule has 1 saturated carbocycles. The summed E-state index contributed by atoms with van der Waals surface area (Å²) in [6, 6.07) is 0. The zero-order chi connectivity index (χ0) is 17.2. The fraction of sp³-hybridized carbons (Fsp3) is 0.778. The average molecular weight is 352 g/mol. The van der Waals surface area contributed by atoms with Crippen LogP contribution in [-0.2, 0) is 11.3 Å². The number of aryl methyl sites for hydroxylation is 1. The highest BCUT2D eigenvalue weighted by Gasteiger charge is 2.36. The van der Waals surface area contributed by atoms with Crippen LogP contribution in [0.5, 0.6) is 0 Å². The second-order valence-electron chi connectivity index (χ2n) is 7.66. The van der Waals surface area contributed by atoms with E-state index in [1.165, 1.54) is 4.88 Å². The highest BCUT2D eigenvalue weighted by atomic mass is 32.1. The SMILES string of the molecule is Cc1ncsc1CN(C)CC1CCN(C(=O)CC2(O)CCCC2)C1. The fourth-order valence-electron chi connectivity index (χ4n) is 4.04. The van der Waals surface area contributed by atoms with E-state index >= 15 is 0 Å². The summed E-state index contributed by atoms with van der Waals surface area (Å²) in [7, 11) is 2.14. The van der Waals surface area contributed by atoms with Crippen LogP contribution >= 0.6 is 11.3 Å². The molecule has 0 aromatic carbocycles. The minimum Gasteiger partial charge on any atom is -0.389 e. The first-order valence-electron chi connectivity index (χ1n) is 9.03. The Kier molecular flexibility index (Phi) is 5.57. The van der Waals surface area contributed by atoms with Crippen LogP contribution in [-0.4, -0.2) is 58.1 Å². The zero-order valence-electron chi connectivity index (χ0n) is 14.8. The largest absolute Gasteiger partial charge is 0.389 e. The van der Waals surface area contributed by atoms with Crippen molar-refractivity contribution >= 4 is 17.2 Å². The summed E-state index contributed by atoms with van der Waals surface area (Å²) in [5.74, 6) is 0.674. The number of aliphatic hydroxyl groups is 1. The first-order chi connectivity index (χ1) is 11.5. The normalized spacial score (nSPS) is 23.3. The monoisotopic (exact) mass is 351 g/mol. The number of amides is 1. The molecule has 1 amide bonds. The highest BCUT2D eigenvalue weighted by molar-refractivity contribution is 7.09. The molecule has 2 aliphatic rings. The number of hydrogen-bond donors (Lipinski definition) is 1. The number of likely N-dealkylation sites (tertiary alicyclic amines) is 1. The molecule has 1 atom stereocenters. The van der Waals surface area contributed by atoms with Gasteiger partial charge in [-0.05, 0) is 39.2 Å². The topological polar surface area (TPSA) is 56.7 Å². The number of carbonyl (C=O) groups is 1. The maximum atomic E-state index is 12.5. The summed E-state index contributed by atoms with van der Waals surface area (Å²) in [4.78, 5) is 22.4. The Morgan fingerprint density at radius 1 is 1.50 bits per heavy atom. The molecular formula is C18H29N3O2S. The van der Waals surface area contributed by atoms with Crippen molar-refractivity contribution in [3.8, 4) is 0 Å². The van der Waals surface area contributed by atoms with E-state index in [0.717, 1.165) is 64.0 Å². The lowest BCUT2D eigenvalue weighted by molar-refractivity contribution is -0.135. The summed E-state index contributed by atoms with van der Waals surface area (Å²) in [5, 5.41) is 10.4. The fourth-order valence-corrected chi connectivity index (χ4v) is 4.90. The molecule has 1 N–H and O–H groups in total. The van der Waals surface area contributed by atoms with Gasteiger partial charge in [0.15, 0.2) is 0 Å². The molecule has 24 heavy (non-hydrogen) atoms. The molecule has 6 heteroatoms. The molecule has 2 heterocycles. The van der Waals surface area contributed by atoms with Crippen LogP contribution in [0.1, 0.15) is 49.1 Å². The first kappa shape index (κ1) is 17.8. The van der Waals surface area contributed by atoms with Crippen LogP contribution < -0.4 is 0 Å². The molecule has 1 aromatic rings. The smallest absolute Gasteiger partial charge is 0.225 e. The van der Waals surface area contributed by atoms with Gasteiger partial charge in [-0.25, -0.2) is 4.98 Å². The lowest BCUT2D eigenvalue weighted by atomic mass is 9.97. The summed E-state index contributed by atoms with van der Waals surface area (Å²) in [6.07, 6.45) is 5.05. The average Bonchev–Trinajstić information content (AvgIpc) is 3.23. The number of hydrogen-bond acceptors (Lipinski definition) is 5. The van der Waals surface area contributed by atoms with Gasteiger partial charge in [-0.2, -0.15) is 0 Å². The second kappa shape index (κ2) is 7.50. The van der Waals surface area contributed by atoms with Crippen LogP contribution in [0, 0.1) is 12.8 Å². The lowest BCUT2D eigenvalue weighted by Gasteiger charge is -2.25. The van der Waals surface area contributed by atoms with Gasteiger partial charge in [-0.1, -0.05) is 12.8 Å². The zero-order valence-corrected chi connectivity index (χ0v) is 15.6. The van der Waals surface area contributed by atoms with Gasteiger partial charge in [-0.3, -0.25) is 4.79 Å². The third-order valence-corrected chi connectivity index (χ3v) is 6.40. The quantitative estimate of drug-likeness (QED) is 0.855. The Hall–Kier alpha value is -0.980. The van der Waals surface area contributed by atoms with Gasteiger partial charge in [0.05, 0.1) is 23.2 Å². The van der Waals surface area contributed by atoms with Gasteiger partial charge >= 0.3 is 0 Å². The minimum absolute atomic E-state index is 0.142. The van der Waals surface area contributed by atoms with Crippen LogP contribution in [0.2, 0.25) is 0 Å². The summed E-state index contributed by atoms with van der Waals surface area (Å²) < 4.78 is 0. The molecule has 1 unspecified atom stereocenters. The molecule has 3 rings (SSSR count). The Balaban J connectivity index is 1.45. The van der Waals surface area contributed by atoms with E-state index in [4.69, 9.17) is 0 Å². The van der Waals surface area contributed by atoms with E-state index < -0.39 is 5.60 Å². The van der Waals surface area contributed by atoms with Crippen molar-refractivity contribution in [3.05, 3.63) is 16.1 Å². The Labute approximate surface area is 148 Å². The van der Waals surface area contributed by atoms with Gasteiger partial charge < -0.3 is 14.9 Å². The van der Waals surface area contributed by atoms with Crippen molar-refractivity contribution in [1.29, 1.82) is 0 Å². The van der Waals surface area contributed by atoms with Crippen molar-refractivity contribution in [1.82, 2.24) is 14.8 Å². The standard InChI is InChI=1S/C18H29N3O2S/c1-14-16(24-13-19-14)12-20(2)10-15-5-8-21(11-15)17(22)9-18(23)6-3-4-7-18/h13,15,23H,3-12H2,1-2H3. The predicted molar refractivity (Wildman–Crippen MR) is 95.9 cm³/mol. The first-order valence-corrected chi connectivity index (χ1v) is 9.91. The maximum Gasteiger partial charge on any atom is 0.225 e. The molecule has 5 nitrogen and oxygen atoms in total. The molecule has 1 saturated heterocycles. The molecule has 0 spiro atoms. The van der Waals surface area contributed by atoms with Crippen LogP contribution in [0.3, 0.4) is 0 Å². The van der Waals surface area contributed by atoms with E-state index in [0.29, 0.717) is 12.3 Å². The lowest BCUT2D eigenvalue weighted by Crippen LogP contribution is -2.37. The van der Waals surface area contributed by atoms with Gasteiger partial charge in [0.1, 0.15) is 0 Å². The van der Waals surface area contributed by atoms with Gasteiger partial charge in [0.25, 0.3) is 0 Å². The van der Waals surface area contributed by atoms with E-state index in [2.05, 4.69) is 23.9 Å². The third kappa shape index (κ3) is 4.35. The van der Waals surface area contributed by atoms with Crippen molar-refractivity contribution in [3.63, 3.8) is 0 Å². The molecule has 0 bridgehead atoms. The number of rotatable bonds is 6. The minimum atomic E-state index is -0.727. The second-order valence-corrected chi connectivity index (χ2v) is 8.60. The summed E-state index contributed by atoms with van der Waals surface area (Å²) in [5.41, 5.74) is 2.30. The van der Waals surface area contributed by atoms with Crippen LogP contribution in [0.4, 0.5) is 0 Å². The number of nitrogens with zero attached hydrogens (tertiary/aromatic N) is 3. The van der Waals surface area contributed by atoms with E-state index in [1.54, 1.807) is 11.3 Å². The molecular weight excluding hydrogens is 322 g/mol. The number of thiazole rings is 1. The Morgan fingerprint density at radius 3 is 2.92 bits per heavy atom. The third-order valence-electron chi connectivity index (χ3n) is 5.48. The summed E-state index contributed by atoms with van der Waals surface area (Å²) >= 11 is 1.71. The number of aromatic nitrogens is 1. The van der Waals surface area contributed by atoms with E-state index in [9.17, 15) is 9.90 Å². The van der Waals surface area contributed by atoms with Gasteiger partial charge in [0.2, 0.25) is 5.91 Å². The van der Waals surface area contributed by atoms with Crippen molar-refractivity contribution in [2.24, 2.45) is 5.92 Å². The molecule has 1 aliphatic carbocycles. The number of carbonyl (C=O) groups excluding carboxylic acids is 1. The van der Waals surface area contributed by atoms with Crippen molar-refractivity contribution in [2.45, 2.75) is 57.6 Å². The highest BCUT2D eigenvalue weighted by Crippen LogP contribution is 2.33. The molecule has 0 radical (unpaired) electrons.